The van der Waals surface area contributed by atoms with E-state index in [1.807, 2.05) is 12.1 Å². The van der Waals surface area contributed by atoms with Crippen LogP contribution in [-0.4, -0.2) is 35.0 Å². The van der Waals surface area contributed by atoms with Crippen LogP contribution in [0.25, 0.3) is 0 Å². The Morgan fingerprint density at radius 1 is 1.24 bits per heavy atom. The zero-order valence-corrected chi connectivity index (χ0v) is 13.8. The van der Waals surface area contributed by atoms with Gasteiger partial charge in [0.2, 0.25) is 5.91 Å². The van der Waals surface area contributed by atoms with Crippen LogP contribution < -0.4 is 0 Å². The number of hydrogen-bond acceptors (Lipinski definition) is 3. The van der Waals surface area contributed by atoms with Gasteiger partial charge < -0.3 is 9.64 Å². The van der Waals surface area contributed by atoms with Gasteiger partial charge in [0.05, 0.1) is 19.1 Å². The van der Waals surface area contributed by atoms with Crippen molar-refractivity contribution in [1.82, 2.24) is 9.88 Å². The molecular weight excluding hydrogens is 326 g/mol. The minimum Gasteiger partial charge on any atom is -0.372 e. The summed E-state index contributed by atoms with van der Waals surface area (Å²) < 4.78 is 32.1. The molecule has 1 saturated heterocycles. The van der Waals surface area contributed by atoms with Crippen molar-refractivity contribution >= 4 is 5.91 Å². The Balaban J connectivity index is 1.53. The van der Waals surface area contributed by atoms with E-state index >= 15 is 0 Å². The van der Waals surface area contributed by atoms with Gasteiger partial charge in [-0.2, -0.15) is 0 Å². The molecule has 0 radical (unpaired) electrons. The van der Waals surface area contributed by atoms with Crippen LogP contribution in [0.1, 0.15) is 24.0 Å². The molecule has 1 atom stereocenters. The van der Waals surface area contributed by atoms with Gasteiger partial charge in [-0.25, -0.2) is 8.78 Å². The number of aromatic nitrogens is 1. The summed E-state index contributed by atoms with van der Waals surface area (Å²) in [6.07, 6.45) is 5.27. The van der Waals surface area contributed by atoms with E-state index in [4.69, 9.17) is 4.74 Å². The third-order valence-electron chi connectivity index (χ3n) is 4.28. The highest BCUT2D eigenvalue weighted by Crippen LogP contribution is 2.17. The molecule has 2 aromatic rings. The maximum Gasteiger partial charge on any atom is 0.227 e. The van der Waals surface area contributed by atoms with E-state index < -0.39 is 11.6 Å². The number of pyridine rings is 1. The van der Waals surface area contributed by atoms with E-state index in [2.05, 4.69) is 4.98 Å². The molecule has 2 heterocycles. The lowest BCUT2D eigenvalue weighted by atomic mass is 10.1. The molecule has 1 unspecified atom stereocenters. The molecule has 0 aliphatic carbocycles. The number of hydrogen-bond donors (Lipinski definition) is 0. The van der Waals surface area contributed by atoms with E-state index in [1.165, 1.54) is 6.07 Å². The summed E-state index contributed by atoms with van der Waals surface area (Å²) in [6, 6.07) is 7.37. The van der Waals surface area contributed by atoms with Crippen molar-refractivity contribution in [3.05, 3.63) is 65.5 Å². The highest BCUT2D eigenvalue weighted by molar-refractivity contribution is 5.78. The molecule has 0 saturated carbocycles. The summed E-state index contributed by atoms with van der Waals surface area (Å²) in [5.74, 6) is -1.93. The van der Waals surface area contributed by atoms with Crippen molar-refractivity contribution in [2.75, 3.05) is 13.1 Å². The van der Waals surface area contributed by atoms with Gasteiger partial charge >= 0.3 is 0 Å². The summed E-state index contributed by atoms with van der Waals surface area (Å²) >= 11 is 0. The maximum absolute atomic E-state index is 13.3. The number of ether oxygens (including phenoxy) is 1. The Labute approximate surface area is 145 Å². The largest absolute Gasteiger partial charge is 0.372 e. The smallest absolute Gasteiger partial charge is 0.227 e. The molecule has 132 valence electrons. The predicted octanol–water partition coefficient (Wildman–Crippen LogP) is 3.11. The molecule has 1 fully saturated rings. The number of carbonyl (C=O) groups is 1. The Bertz CT molecular complexity index is 725. The molecule has 1 aliphatic heterocycles. The van der Waals surface area contributed by atoms with Crippen LogP contribution in [-0.2, 0) is 22.6 Å². The molecule has 0 N–H and O–H groups in total. The molecule has 1 aromatic carbocycles. The Hall–Kier alpha value is -2.34. The van der Waals surface area contributed by atoms with Crippen LogP contribution >= 0.6 is 0 Å². The first-order valence-corrected chi connectivity index (χ1v) is 8.34. The first-order valence-electron chi connectivity index (χ1n) is 8.34. The van der Waals surface area contributed by atoms with Gasteiger partial charge in [-0.15, -0.1) is 0 Å². The average Bonchev–Trinajstić information content (AvgIpc) is 2.64. The SMILES string of the molecule is O=C(Cc1ccc(F)c(F)c1)N1CCCC(OCc2cccnc2)C1. The van der Waals surface area contributed by atoms with Crippen molar-refractivity contribution in [3.8, 4) is 0 Å². The second-order valence-corrected chi connectivity index (χ2v) is 6.20. The first kappa shape index (κ1) is 17.5. The molecule has 1 amide bonds. The lowest BCUT2D eigenvalue weighted by Gasteiger charge is -2.32. The third-order valence-corrected chi connectivity index (χ3v) is 4.28. The standard InChI is InChI=1S/C19H20F2N2O2/c20-17-6-5-14(9-18(17)21)10-19(24)23-8-2-4-16(12-23)25-13-15-3-1-7-22-11-15/h1,3,5-7,9,11,16H,2,4,8,10,12-13H2. The summed E-state index contributed by atoms with van der Waals surface area (Å²) in [4.78, 5) is 18.2. The first-order chi connectivity index (χ1) is 12.1. The molecule has 0 spiro atoms. The van der Waals surface area contributed by atoms with E-state index in [9.17, 15) is 13.6 Å². The van der Waals surface area contributed by atoms with Crippen LogP contribution in [0, 0.1) is 11.6 Å². The predicted molar refractivity (Wildman–Crippen MR) is 88.7 cm³/mol. The fourth-order valence-electron chi connectivity index (χ4n) is 2.93. The Morgan fingerprint density at radius 2 is 2.12 bits per heavy atom. The Kier molecular flexibility index (Phi) is 5.71. The maximum atomic E-state index is 13.3. The second-order valence-electron chi connectivity index (χ2n) is 6.20. The van der Waals surface area contributed by atoms with Crippen molar-refractivity contribution in [3.63, 3.8) is 0 Å². The number of nitrogens with zero attached hydrogens (tertiary/aromatic N) is 2. The van der Waals surface area contributed by atoms with Gasteiger partial charge in [0.15, 0.2) is 11.6 Å². The van der Waals surface area contributed by atoms with Crippen LogP contribution in [0.2, 0.25) is 0 Å². The summed E-state index contributed by atoms with van der Waals surface area (Å²) in [6.45, 7) is 1.64. The molecule has 25 heavy (non-hydrogen) atoms. The number of amides is 1. The van der Waals surface area contributed by atoms with E-state index in [1.54, 1.807) is 17.3 Å². The number of rotatable bonds is 5. The van der Waals surface area contributed by atoms with Gasteiger partial charge in [0.25, 0.3) is 0 Å². The lowest BCUT2D eigenvalue weighted by Crippen LogP contribution is -2.43. The molecular formula is C19H20F2N2O2. The van der Waals surface area contributed by atoms with Gasteiger partial charge in [-0.05, 0) is 42.2 Å². The number of carbonyl (C=O) groups excluding carboxylic acids is 1. The van der Waals surface area contributed by atoms with Crippen LogP contribution in [0.3, 0.4) is 0 Å². The van der Waals surface area contributed by atoms with E-state index in [-0.39, 0.29) is 18.4 Å². The fourth-order valence-corrected chi connectivity index (χ4v) is 2.93. The van der Waals surface area contributed by atoms with Crippen LogP contribution in [0.15, 0.2) is 42.7 Å². The monoisotopic (exact) mass is 346 g/mol. The summed E-state index contributed by atoms with van der Waals surface area (Å²) in [5, 5.41) is 0. The Morgan fingerprint density at radius 3 is 2.88 bits per heavy atom. The molecule has 0 bridgehead atoms. The van der Waals surface area contributed by atoms with Crippen molar-refractivity contribution < 1.29 is 18.3 Å². The summed E-state index contributed by atoms with van der Waals surface area (Å²) in [7, 11) is 0. The summed E-state index contributed by atoms with van der Waals surface area (Å²) in [5.41, 5.74) is 1.47. The lowest BCUT2D eigenvalue weighted by molar-refractivity contribution is -0.134. The van der Waals surface area contributed by atoms with Crippen LogP contribution in [0.5, 0.6) is 0 Å². The molecule has 1 aromatic heterocycles. The zero-order chi connectivity index (χ0) is 17.6. The van der Waals surface area contributed by atoms with Crippen molar-refractivity contribution in [2.24, 2.45) is 0 Å². The number of benzene rings is 1. The van der Waals surface area contributed by atoms with Gasteiger partial charge in [0, 0.05) is 25.5 Å². The van der Waals surface area contributed by atoms with Gasteiger partial charge in [0.1, 0.15) is 0 Å². The van der Waals surface area contributed by atoms with E-state index in [0.717, 1.165) is 30.5 Å². The third kappa shape index (κ3) is 4.82. The number of piperidine rings is 1. The van der Waals surface area contributed by atoms with Crippen molar-refractivity contribution in [2.45, 2.75) is 32.0 Å². The van der Waals surface area contributed by atoms with Gasteiger partial charge in [-0.1, -0.05) is 12.1 Å². The van der Waals surface area contributed by atoms with E-state index in [0.29, 0.717) is 25.3 Å². The van der Waals surface area contributed by atoms with Crippen molar-refractivity contribution in [1.29, 1.82) is 0 Å². The fraction of sp³-hybridized carbons (Fsp3) is 0.368. The topological polar surface area (TPSA) is 42.4 Å². The highest BCUT2D eigenvalue weighted by Gasteiger charge is 2.24. The molecule has 6 heteroatoms. The zero-order valence-electron chi connectivity index (χ0n) is 13.8. The minimum atomic E-state index is -0.929. The van der Waals surface area contributed by atoms with Crippen LogP contribution in [0.4, 0.5) is 8.78 Å². The molecule has 4 nitrogen and oxygen atoms in total. The quantitative estimate of drug-likeness (QED) is 0.835. The second kappa shape index (κ2) is 8.16. The molecule has 1 aliphatic rings. The van der Waals surface area contributed by atoms with Gasteiger partial charge in [-0.3, -0.25) is 9.78 Å². The number of likely N-dealkylation sites (tertiary alicyclic amines) is 1. The molecule has 3 rings (SSSR count). The minimum absolute atomic E-state index is 0.0251. The number of halogens is 2. The normalized spacial score (nSPS) is 17.5. The highest BCUT2D eigenvalue weighted by atomic mass is 19.2. The average molecular weight is 346 g/mol.